The lowest BCUT2D eigenvalue weighted by Gasteiger charge is -2.36. The summed E-state index contributed by atoms with van der Waals surface area (Å²) >= 11 is 0. The third-order valence-electron chi connectivity index (χ3n) is 10.4. The number of ether oxygens (including phenoxy) is 2. The van der Waals surface area contributed by atoms with Crippen LogP contribution in [-0.2, 0) is 14.3 Å². The molecule has 0 radical (unpaired) electrons. The molecule has 4 rings (SSSR count). The molecule has 1 aromatic heterocycles. The number of amides is 1. The molecule has 3 heterocycles. The molecule has 0 saturated carbocycles. The lowest BCUT2D eigenvalue weighted by molar-refractivity contribution is -0.160. The number of hydrogen-bond donors (Lipinski definition) is 3. The van der Waals surface area contributed by atoms with Crippen molar-refractivity contribution in [3.05, 3.63) is 75.1 Å². The Hall–Kier alpha value is -3.90. The van der Waals surface area contributed by atoms with Crippen molar-refractivity contribution in [1.29, 1.82) is 0 Å². The molecule has 12 heteroatoms. The third kappa shape index (κ3) is 10.1. The zero-order valence-corrected chi connectivity index (χ0v) is 30.9. The summed E-state index contributed by atoms with van der Waals surface area (Å²) in [7, 11) is 0. The normalized spacial score (nSPS) is 30.6. The number of carbonyl (C=O) groups excluding carboxylic acids is 2. The number of hydrogen-bond acceptors (Lipinski definition) is 8. The van der Waals surface area contributed by atoms with Crippen molar-refractivity contribution in [3.63, 3.8) is 0 Å². The van der Waals surface area contributed by atoms with Gasteiger partial charge in [0.15, 0.2) is 0 Å². The minimum atomic E-state index is -1.03. The van der Waals surface area contributed by atoms with Crippen LogP contribution in [0.5, 0.6) is 0 Å². The second-order valence-electron chi connectivity index (χ2n) is 14.8. The quantitative estimate of drug-likeness (QED) is 0.186. The topological polar surface area (TPSA) is 168 Å². The fourth-order valence-corrected chi connectivity index (χ4v) is 7.46. The zero-order valence-electron chi connectivity index (χ0n) is 30.9. The van der Waals surface area contributed by atoms with Gasteiger partial charge < -0.3 is 25.4 Å². The molecule has 2 aliphatic heterocycles. The number of fused-ring (bicyclic) bond motifs is 1. The monoisotopic (exact) mass is 710 g/mol. The highest BCUT2D eigenvalue weighted by Gasteiger charge is 2.40. The second-order valence-corrected chi connectivity index (χ2v) is 14.8. The van der Waals surface area contributed by atoms with E-state index in [0.29, 0.717) is 50.6 Å². The van der Waals surface area contributed by atoms with Gasteiger partial charge in [-0.2, -0.15) is 0 Å². The lowest BCUT2D eigenvalue weighted by Crippen LogP contribution is -2.44. The lowest BCUT2D eigenvalue weighted by atomic mass is 9.88. The van der Waals surface area contributed by atoms with Gasteiger partial charge in [-0.1, -0.05) is 76.5 Å². The minimum absolute atomic E-state index is 0.00351. The first kappa shape index (κ1) is 39.9. The van der Waals surface area contributed by atoms with Gasteiger partial charge in [0.2, 0.25) is 0 Å². The molecular weight excluding hydrogens is 652 g/mol. The molecule has 0 aliphatic carbocycles. The van der Waals surface area contributed by atoms with Gasteiger partial charge in [-0.15, -0.1) is 0 Å². The van der Waals surface area contributed by atoms with Crippen molar-refractivity contribution in [2.75, 3.05) is 0 Å². The molecule has 2 aliphatic rings. The van der Waals surface area contributed by atoms with E-state index in [1.807, 2.05) is 45.1 Å². The Kier molecular flexibility index (Phi) is 14.5. The van der Waals surface area contributed by atoms with Crippen LogP contribution in [0.2, 0.25) is 0 Å². The Bertz CT molecular complexity index is 1630. The predicted molar refractivity (Wildman–Crippen MR) is 196 cm³/mol. The van der Waals surface area contributed by atoms with Crippen molar-refractivity contribution in [2.45, 2.75) is 142 Å². The van der Waals surface area contributed by atoms with Crippen LogP contribution in [-0.4, -0.2) is 60.6 Å². The van der Waals surface area contributed by atoms with Crippen molar-refractivity contribution in [2.24, 2.45) is 23.5 Å². The zero-order chi connectivity index (χ0) is 37.2. The molecule has 12 nitrogen and oxygen atoms in total. The Balaban J connectivity index is 1.73. The van der Waals surface area contributed by atoms with Gasteiger partial charge >= 0.3 is 23.4 Å². The van der Waals surface area contributed by atoms with E-state index in [4.69, 9.17) is 15.2 Å². The summed E-state index contributed by atoms with van der Waals surface area (Å²) < 4.78 is 15.8. The van der Waals surface area contributed by atoms with Crippen LogP contribution in [0, 0.1) is 17.8 Å². The van der Waals surface area contributed by atoms with E-state index in [1.54, 1.807) is 35.9 Å². The number of carbonyl (C=O) groups is 2. The molecule has 51 heavy (non-hydrogen) atoms. The predicted octanol–water partition coefficient (Wildman–Crippen LogP) is 5.73. The molecule has 0 saturated heterocycles. The van der Waals surface area contributed by atoms with Gasteiger partial charge in [0.05, 0.1) is 29.9 Å². The van der Waals surface area contributed by atoms with Crippen molar-refractivity contribution in [1.82, 2.24) is 13.9 Å². The summed E-state index contributed by atoms with van der Waals surface area (Å²) in [5, 5.41) is 22.0. The Morgan fingerprint density at radius 2 is 1.63 bits per heavy atom. The molecule has 2 aromatic rings. The number of esters is 1. The summed E-state index contributed by atoms with van der Waals surface area (Å²) in [5.41, 5.74) is 5.66. The molecule has 9 atom stereocenters. The summed E-state index contributed by atoms with van der Waals surface area (Å²) in [5.74, 6) is -1.54. The van der Waals surface area contributed by atoms with Gasteiger partial charge in [-0.05, 0) is 94.8 Å². The number of allylic oxidation sites excluding steroid dienone is 3. The molecule has 282 valence electrons. The molecular formula is C39H58N4O8. The van der Waals surface area contributed by atoms with Gasteiger partial charge in [-0.3, -0.25) is 4.79 Å². The SMILES string of the molecule is CCCCCC1C=C(C)C(C2CC(C)C/C=C/CCC(O)C(OC(N)=O)CCC(C)CC(O)C(C)C(=O)O2)n2c(=O)n(-c3ccccc3)c(=O)n21. The van der Waals surface area contributed by atoms with E-state index >= 15 is 0 Å². The number of unbranched alkanes of at least 4 members (excludes halogenated alkanes) is 2. The minimum Gasteiger partial charge on any atom is -0.459 e. The summed E-state index contributed by atoms with van der Waals surface area (Å²) in [6.07, 6.45) is 8.26. The molecule has 0 spiro atoms. The third-order valence-corrected chi connectivity index (χ3v) is 10.4. The standard InChI is InChI=1S/C39H58N4O8/c1-6-7-10-18-30-24-27(4)35(43-39(49)41(38(48)42(30)43)29-16-12-9-13-17-29)34-23-25(2)15-11-8-14-19-31(44)33(51-37(40)47)21-20-26(3)22-32(45)28(5)36(46)50-34/h8-9,11-13,16-17,24-26,28,30-35,44-45H,6-7,10,14-15,18-23H2,1-5H3,(H2,40,47)/b11-8+. The largest absolute Gasteiger partial charge is 0.459 e. The first-order chi connectivity index (χ1) is 24.3. The highest BCUT2D eigenvalue weighted by Crippen LogP contribution is 2.36. The molecule has 1 amide bonds. The first-order valence-corrected chi connectivity index (χ1v) is 18.7. The fourth-order valence-electron chi connectivity index (χ4n) is 7.46. The second kappa shape index (κ2) is 18.5. The summed E-state index contributed by atoms with van der Waals surface area (Å²) in [6, 6.07) is 7.79. The highest BCUT2D eigenvalue weighted by atomic mass is 16.6. The Morgan fingerprint density at radius 1 is 0.922 bits per heavy atom. The number of para-hydroxylation sites is 1. The maximum atomic E-state index is 14.4. The maximum Gasteiger partial charge on any atom is 0.404 e. The molecule has 4 N–H and O–H groups in total. The van der Waals surface area contributed by atoms with Crippen molar-refractivity contribution >= 4 is 12.1 Å². The smallest absolute Gasteiger partial charge is 0.404 e. The molecule has 1 aromatic carbocycles. The van der Waals surface area contributed by atoms with E-state index in [9.17, 15) is 29.4 Å². The number of rotatable bonds is 7. The summed E-state index contributed by atoms with van der Waals surface area (Å²) in [6.45, 7) is 9.65. The van der Waals surface area contributed by atoms with Crippen LogP contribution in [0.1, 0.15) is 117 Å². The average Bonchev–Trinajstić information content (AvgIpc) is 3.34. The van der Waals surface area contributed by atoms with Crippen LogP contribution >= 0.6 is 0 Å². The van der Waals surface area contributed by atoms with Crippen molar-refractivity contribution < 1.29 is 29.3 Å². The van der Waals surface area contributed by atoms with Gasteiger partial charge in [0.25, 0.3) is 0 Å². The Labute approximate surface area is 300 Å². The van der Waals surface area contributed by atoms with Gasteiger partial charge in [0, 0.05) is 0 Å². The number of benzene rings is 1. The number of primary amides is 1. The van der Waals surface area contributed by atoms with Gasteiger partial charge in [0.1, 0.15) is 18.2 Å². The van der Waals surface area contributed by atoms with Crippen LogP contribution in [0.3, 0.4) is 0 Å². The van der Waals surface area contributed by atoms with E-state index in [2.05, 4.69) is 6.92 Å². The molecule has 9 unspecified atom stereocenters. The average molecular weight is 711 g/mol. The van der Waals surface area contributed by atoms with Gasteiger partial charge in [-0.25, -0.2) is 28.3 Å². The van der Waals surface area contributed by atoms with Crippen LogP contribution in [0.25, 0.3) is 5.69 Å². The number of aliphatic hydroxyl groups is 2. The van der Waals surface area contributed by atoms with E-state index in [-0.39, 0.29) is 24.3 Å². The fraction of sp³-hybridized carbons (Fsp3) is 0.641. The van der Waals surface area contributed by atoms with E-state index in [1.165, 1.54) is 9.25 Å². The molecule has 0 bridgehead atoms. The number of cyclic esters (lactones) is 1. The number of aromatic nitrogens is 3. The highest BCUT2D eigenvalue weighted by molar-refractivity contribution is 5.73. The summed E-state index contributed by atoms with van der Waals surface area (Å²) in [4.78, 5) is 53.9. The number of nitrogens with two attached hydrogens (primary N) is 1. The van der Waals surface area contributed by atoms with E-state index in [0.717, 1.165) is 24.8 Å². The van der Waals surface area contributed by atoms with Crippen LogP contribution in [0.15, 0.2) is 63.7 Å². The molecule has 0 fully saturated rings. The van der Waals surface area contributed by atoms with Crippen LogP contribution < -0.4 is 17.1 Å². The van der Waals surface area contributed by atoms with Crippen molar-refractivity contribution in [3.8, 4) is 5.69 Å². The maximum absolute atomic E-state index is 14.4. The first-order valence-electron chi connectivity index (χ1n) is 18.7. The number of nitrogens with zero attached hydrogens (tertiary/aromatic N) is 3. The Morgan fingerprint density at radius 3 is 2.31 bits per heavy atom. The number of aliphatic hydroxyl groups excluding tert-OH is 2. The van der Waals surface area contributed by atoms with E-state index < -0.39 is 59.8 Å². The van der Waals surface area contributed by atoms with Crippen LogP contribution in [0.4, 0.5) is 4.79 Å².